The number of rotatable bonds is 6. The van der Waals surface area contributed by atoms with E-state index in [9.17, 15) is 19.8 Å². The van der Waals surface area contributed by atoms with Gasteiger partial charge in [-0.2, -0.15) is 0 Å². The Morgan fingerprint density at radius 1 is 1.19 bits per heavy atom. The molecule has 2 bridgehead atoms. The van der Waals surface area contributed by atoms with Gasteiger partial charge in [-0.15, -0.1) is 0 Å². The Bertz CT molecular complexity index is 842. The van der Waals surface area contributed by atoms with Crippen LogP contribution < -0.4 is 10.2 Å². The molecule has 3 N–H and O–H groups in total. The van der Waals surface area contributed by atoms with E-state index in [-0.39, 0.29) is 40.9 Å². The van der Waals surface area contributed by atoms with E-state index in [4.69, 9.17) is 0 Å². The summed E-state index contributed by atoms with van der Waals surface area (Å²) in [6, 6.07) is 0.788. The summed E-state index contributed by atoms with van der Waals surface area (Å²) in [5, 5.41) is 23.5. The van der Waals surface area contributed by atoms with Gasteiger partial charge >= 0.3 is 0 Å². The lowest BCUT2D eigenvalue weighted by Crippen LogP contribution is -2.56. The van der Waals surface area contributed by atoms with Crippen LogP contribution in [0, 0.1) is 22.7 Å². The molecule has 2 saturated carbocycles. The molecule has 5 unspecified atom stereocenters. The van der Waals surface area contributed by atoms with Crippen molar-refractivity contribution in [1.29, 1.82) is 0 Å². The zero-order chi connectivity index (χ0) is 23.1. The molecule has 2 aliphatic carbocycles. The first-order valence-electron chi connectivity index (χ1n) is 11.6. The topological polar surface area (TPSA) is 119 Å². The molecular formula is C23H35N5O4. The van der Waals surface area contributed by atoms with Crippen LogP contribution in [0.2, 0.25) is 0 Å². The summed E-state index contributed by atoms with van der Waals surface area (Å²) in [6.45, 7) is 8.16. The summed E-state index contributed by atoms with van der Waals surface area (Å²) in [5.74, 6) is 0.227. The SMILES string of the molecule is CC1(C)C2CCC1(C)C(O)C2CC(=O)NC(CO)C(=O)N1CCN(c2ncccn2)CC1. The number of aromatic nitrogens is 2. The van der Waals surface area contributed by atoms with Crippen LogP contribution in [-0.4, -0.2) is 81.8 Å². The molecule has 3 aliphatic rings. The van der Waals surface area contributed by atoms with Gasteiger partial charge in [0.25, 0.3) is 0 Å². The maximum absolute atomic E-state index is 12.9. The highest BCUT2D eigenvalue weighted by Gasteiger charge is 2.65. The van der Waals surface area contributed by atoms with E-state index in [1.54, 1.807) is 23.4 Å². The number of hydrogen-bond donors (Lipinski definition) is 3. The zero-order valence-corrected chi connectivity index (χ0v) is 19.2. The molecule has 2 amide bonds. The smallest absolute Gasteiger partial charge is 0.247 e. The molecule has 32 heavy (non-hydrogen) atoms. The van der Waals surface area contributed by atoms with Crippen LogP contribution in [0.25, 0.3) is 0 Å². The van der Waals surface area contributed by atoms with Gasteiger partial charge in [-0.05, 0) is 41.6 Å². The number of aliphatic hydroxyl groups is 2. The zero-order valence-electron chi connectivity index (χ0n) is 19.2. The van der Waals surface area contributed by atoms with Crippen LogP contribution >= 0.6 is 0 Å². The van der Waals surface area contributed by atoms with Crippen molar-refractivity contribution in [2.45, 2.75) is 52.2 Å². The second-order valence-corrected chi connectivity index (χ2v) is 10.3. The molecule has 1 aromatic heterocycles. The van der Waals surface area contributed by atoms with Crippen LogP contribution in [0.3, 0.4) is 0 Å². The Hall–Kier alpha value is -2.26. The third kappa shape index (κ3) is 3.75. The van der Waals surface area contributed by atoms with E-state index in [0.717, 1.165) is 12.8 Å². The molecule has 0 aromatic carbocycles. The van der Waals surface area contributed by atoms with Gasteiger partial charge in [0.2, 0.25) is 17.8 Å². The number of piperazine rings is 1. The fourth-order valence-corrected chi connectivity index (χ4v) is 6.24. The van der Waals surface area contributed by atoms with E-state index in [2.05, 4.69) is 36.1 Å². The van der Waals surface area contributed by atoms with Crippen molar-refractivity contribution in [1.82, 2.24) is 20.2 Å². The number of hydrogen-bond acceptors (Lipinski definition) is 7. The summed E-state index contributed by atoms with van der Waals surface area (Å²) >= 11 is 0. The predicted molar refractivity (Wildman–Crippen MR) is 119 cm³/mol. The highest BCUT2D eigenvalue weighted by Crippen LogP contribution is 2.68. The molecule has 4 rings (SSSR count). The molecule has 176 valence electrons. The second-order valence-electron chi connectivity index (χ2n) is 10.3. The van der Waals surface area contributed by atoms with Crippen molar-refractivity contribution in [3.63, 3.8) is 0 Å². The Kier molecular flexibility index (Phi) is 6.15. The third-order valence-corrected chi connectivity index (χ3v) is 8.61. The van der Waals surface area contributed by atoms with Gasteiger partial charge < -0.3 is 25.3 Å². The Morgan fingerprint density at radius 2 is 1.84 bits per heavy atom. The van der Waals surface area contributed by atoms with E-state index in [1.165, 1.54) is 0 Å². The molecule has 1 aromatic rings. The first-order valence-corrected chi connectivity index (χ1v) is 11.6. The van der Waals surface area contributed by atoms with Gasteiger partial charge in [0.1, 0.15) is 6.04 Å². The molecule has 1 saturated heterocycles. The fourth-order valence-electron chi connectivity index (χ4n) is 6.24. The molecule has 9 heteroatoms. The van der Waals surface area contributed by atoms with Crippen LogP contribution in [-0.2, 0) is 9.59 Å². The van der Waals surface area contributed by atoms with Crippen LogP contribution in [0.4, 0.5) is 5.95 Å². The van der Waals surface area contributed by atoms with Crippen LogP contribution in [0.5, 0.6) is 0 Å². The maximum atomic E-state index is 12.9. The lowest BCUT2D eigenvalue weighted by Gasteiger charge is -2.37. The van der Waals surface area contributed by atoms with E-state index in [0.29, 0.717) is 32.1 Å². The quantitative estimate of drug-likeness (QED) is 0.581. The highest BCUT2D eigenvalue weighted by atomic mass is 16.3. The lowest BCUT2D eigenvalue weighted by atomic mass is 9.70. The van der Waals surface area contributed by atoms with Crippen molar-refractivity contribution in [2.75, 3.05) is 37.7 Å². The average Bonchev–Trinajstić information content (AvgIpc) is 3.11. The highest BCUT2D eigenvalue weighted by molar-refractivity contribution is 5.88. The number of aliphatic hydroxyl groups excluding tert-OH is 2. The summed E-state index contributed by atoms with van der Waals surface area (Å²) in [6.07, 6.45) is 5.00. The molecule has 9 nitrogen and oxygen atoms in total. The van der Waals surface area contributed by atoms with Crippen molar-refractivity contribution in [2.24, 2.45) is 22.7 Å². The molecule has 5 atom stereocenters. The average molecular weight is 446 g/mol. The minimum atomic E-state index is -0.971. The van der Waals surface area contributed by atoms with Crippen LogP contribution in [0.15, 0.2) is 18.5 Å². The molecule has 2 heterocycles. The normalized spacial score (nSPS) is 32.1. The Balaban J connectivity index is 1.32. The van der Waals surface area contributed by atoms with Crippen molar-refractivity contribution in [3.8, 4) is 0 Å². The van der Waals surface area contributed by atoms with Crippen molar-refractivity contribution in [3.05, 3.63) is 18.5 Å². The molecular weight excluding hydrogens is 410 g/mol. The number of nitrogens with one attached hydrogen (secondary N) is 1. The minimum Gasteiger partial charge on any atom is -0.394 e. The number of carbonyl (C=O) groups excluding carboxylic acids is 2. The van der Waals surface area contributed by atoms with Crippen LogP contribution in [0.1, 0.15) is 40.0 Å². The third-order valence-electron chi connectivity index (χ3n) is 8.61. The number of fused-ring (bicyclic) bond motifs is 2. The molecule has 0 spiro atoms. The summed E-state index contributed by atoms with van der Waals surface area (Å²) < 4.78 is 0. The Morgan fingerprint density at radius 3 is 2.41 bits per heavy atom. The van der Waals surface area contributed by atoms with E-state index < -0.39 is 18.8 Å². The first kappa shape index (κ1) is 22.9. The van der Waals surface area contributed by atoms with Gasteiger partial charge in [0.05, 0.1) is 12.7 Å². The first-order chi connectivity index (χ1) is 15.2. The number of carbonyl (C=O) groups is 2. The fraction of sp³-hybridized carbons (Fsp3) is 0.739. The Labute approximate surface area is 189 Å². The molecule has 3 fully saturated rings. The second kappa shape index (κ2) is 8.59. The standard InChI is InChI=1S/C23H35N5O4/c1-22(2)16-5-6-23(22,3)19(31)15(16)13-18(30)26-17(14-29)20(32)27-9-11-28(12-10-27)21-24-7-4-8-25-21/h4,7-8,15-17,19,29,31H,5-6,9-14H2,1-3H3,(H,26,30). The van der Waals surface area contributed by atoms with E-state index >= 15 is 0 Å². The van der Waals surface area contributed by atoms with Gasteiger partial charge in [-0.25, -0.2) is 9.97 Å². The van der Waals surface area contributed by atoms with Gasteiger partial charge in [0, 0.05) is 45.0 Å². The van der Waals surface area contributed by atoms with Gasteiger partial charge in [-0.1, -0.05) is 20.8 Å². The maximum Gasteiger partial charge on any atom is 0.247 e. The summed E-state index contributed by atoms with van der Waals surface area (Å²) in [4.78, 5) is 37.9. The predicted octanol–water partition coefficient (Wildman–Crippen LogP) is 0.426. The largest absolute Gasteiger partial charge is 0.394 e. The number of amides is 2. The van der Waals surface area contributed by atoms with Gasteiger partial charge in [0.15, 0.2) is 0 Å². The van der Waals surface area contributed by atoms with E-state index in [1.807, 2.05) is 4.90 Å². The van der Waals surface area contributed by atoms with Crippen molar-refractivity contribution < 1.29 is 19.8 Å². The number of nitrogens with zero attached hydrogens (tertiary/aromatic N) is 4. The van der Waals surface area contributed by atoms with Gasteiger partial charge in [-0.3, -0.25) is 9.59 Å². The minimum absolute atomic E-state index is 0.0221. The van der Waals surface area contributed by atoms with Crippen molar-refractivity contribution >= 4 is 17.8 Å². The monoisotopic (exact) mass is 445 g/mol. The summed E-state index contributed by atoms with van der Waals surface area (Å²) in [7, 11) is 0. The number of anilines is 1. The molecule has 0 radical (unpaired) electrons. The lowest BCUT2D eigenvalue weighted by molar-refractivity contribution is -0.138. The molecule has 1 aliphatic heterocycles. The summed E-state index contributed by atoms with van der Waals surface area (Å²) in [5.41, 5.74) is -0.206.